The number of carbonyl (C=O) groups excluding carboxylic acids is 1. The number of nitrogens with zero attached hydrogens (tertiary/aromatic N) is 1. The molecule has 1 heterocycles. The van der Waals surface area contributed by atoms with Crippen molar-refractivity contribution >= 4 is 23.3 Å². The van der Waals surface area contributed by atoms with Crippen molar-refractivity contribution in [1.82, 2.24) is 4.98 Å². The van der Waals surface area contributed by atoms with Gasteiger partial charge in [0, 0.05) is 12.3 Å². The number of benzene rings is 3. The topological polar surface area (TPSA) is 76.5 Å². The molecule has 1 aliphatic carbocycles. The van der Waals surface area contributed by atoms with Crippen LogP contribution in [0.5, 0.6) is 0 Å². The number of hydrogen-bond donors (Lipinski definition) is 1. The average molecular weight is 484 g/mol. The van der Waals surface area contributed by atoms with Gasteiger partial charge in [-0.25, -0.2) is 4.98 Å². The average Bonchev–Trinajstić information content (AvgIpc) is 3.40. The highest BCUT2D eigenvalue weighted by molar-refractivity contribution is 7.15. The quantitative estimate of drug-likeness (QED) is 0.306. The van der Waals surface area contributed by atoms with E-state index < -0.39 is 17.9 Å². The Morgan fingerprint density at radius 3 is 2.17 bits per heavy atom. The summed E-state index contributed by atoms with van der Waals surface area (Å²) in [5.41, 5.74) is 6.48. The molecule has 0 aliphatic heterocycles. The number of aliphatic carboxylic acids is 1. The highest BCUT2D eigenvalue weighted by Gasteiger charge is 2.30. The van der Waals surface area contributed by atoms with Crippen LogP contribution in [0.15, 0.2) is 78.9 Å². The van der Waals surface area contributed by atoms with Gasteiger partial charge in [-0.15, -0.1) is 11.3 Å². The molecule has 0 unspecified atom stereocenters. The number of carboxylic acids is 1. The lowest BCUT2D eigenvalue weighted by atomic mass is 9.98. The van der Waals surface area contributed by atoms with Crippen molar-refractivity contribution in [2.75, 3.05) is 6.61 Å². The normalized spacial score (nSPS) is 13.2. The van der Waals surface area contributed by atoms with Crippen LogP contribution in [-0.4, -0.2) is 28.6 Å². The number of hydrogen-bond acceptors (Lipinski definition) is 5. The largest absolute Gasteiger partial charge is 0.481 e. The van der Waals surface area contributed by atoms with Gasteiger partial charge in [0.2, 0.25) is 0 Å². The zero-order valence-corrected chi connectivity index (χ0v) is 20.1. The number of ether oxygens (including phenoxy) is 1. The highest BCUT2D eigenvalue weighted by Crippen LogP contribution is 2.44. The van der Waals surface area contributed by atoms with E-state index in [-0.39, 0.29) is 25.4 Å². The number of carboxylic acid groups (broad SMARTS) is 1. The minimum Gasteiger partial charge on any atom is -0.481 e. The first-order valence-electron chi connectivity index (χ1n) is 11.6. The summed E-state index contributed by atoms with van der Waals surface area (Å²) in [6, 6.07) is 26.2. The zero-order valence-electron chi connectivity index (χ0n) is 19.3. The van der Waals surface area contributed by atoms with Gasteiger partial charge < -0.3 is 9.84 Å². The fourth-order valence-corrected chi connectivity index (χ4v) is 5.88. The Kier molecular flexibility index (Phi) is 6.47. The van der Waals surface area contributed by atoms with Crippen LogP contribution in [0.25, 0.3) is 21.6 Å². The van der Waals surface area contributed by atoms with E-state index in [0.717, 1.165) is 38.4 Å². The Morgan fingerprint density at radius 1 is 0.943 bits per heavy atom. The fourth-order valence-electron chi connectivity index (χ4n) is 4.73. The summed E-state index contributed by atoms with van der Waals surface area (Å²) in [5, 5.41) is 10.5. The Labute approximate surface area is 208 Å². The first-order valence-corrected chi connectivity index (χ1v) is 12.4. The molecule has 4 aromatic rings. The van der Waals surface area contributed by atoms with Gasteiger partial charge in [-0.05, 0) is 34.7 Å². The van der Waals surface area contributed by atoms with E-state index in [1.54, 1.807) is 0 Å². The van der Waals surface area contributed by atoms with Crippen molar-refractivity contribution in [1.29, 1.82) is 0 Å². The number of rotatable bonds is 8. The van der Waals surface area contributed by atoms with Gasteiger partial charge in [0.25, 0.3) is 0 Å². The maximum atomic E-state index is 12.7. The summed E-state index contributed by atoms with van der Waals surface area (Å²) >= 11 is 1.48. The van der Waals surface area contributed by atoms with E-state index in [4.69, 9.17) is 4.74 Å². The van der Waals surface area contributed by atoms with E-state index in [1.165, 1.54) is 11.3 Å². The molecule has 1 aliphatic rings. The molecule has 0 bridgehead atoms. The third-order valence-corrected chi connectivity index (χ3v) is 7.66. The Hall–Kier alpha value is -3.77. The molecule has 6 heteroatoms. The molecule has 0 radical (unpaired) electrons. The maximum Gasteiger partial charge on any atom is 0.307 e. The predicted octanol–water partition coefficient (Wildman–Crippen LogP) is 6.11. The molecular weight excluding hydrogens is 458 g/mol. The van der Waals surface area contributed by atoms with Gasteiger partial charge in [-0.3, -0.25) is 9.59 Å². The summed E-state index contributed by atoms with van der Waals surface area (Å²) in [7, 11) is 0. The van der Waals surface area contributed by atoms with Crippen molar-refractivity contribution in [3.8, 4) is 21.6 Å². The number of esters is 1. The summed E-state index contributed by atoms with van der Waals surface area (Å²) < 4.78 is 5.64. The number of fused-ring (bicyclic) bond motifs is 3. The van der Waals surface area contributed by atoms with Gasteiger partial charge in [-0.2, -0.15) is 0 Å². The molecule has 0 saturated carbocycles. The van der Waals surface area contributed by atoms with Gasteiger partial charge in [0.1, 0.15) is 6.61 Å². The molecule has 1 N–H and O–H groups in total. The van der Waals surface area contributed by atoms with Crippen molar-refractivity contribution in [3.05, 3.63) is 101 Å². The lowest BCUT2D eigenvalue weighted by Gasteiger charge is -2.15. The van der Waals surface area contributed by atoms with E-state index >= 15 is 0 Å². The minimum absolute atomic E-state index is 0.0512. The van der Waals surface area contributed by atoms with Crippen LogP contribution in [0.2, 0.25) is 0 Å². The molecule has 0 spiro atoms. The lowest BCUT2D eigenvalue weighted by Crippen LogP contribution is -2.22. The second-order valence-electron chi connectivity index (χ2n) is 8.74. The first kappa shape index (κ1) is 23.0. The third kappa shape index (κ3) is 4.75. The molecule has 0 saturated heterocycles. The van der Waals surface area contributed by atoms with E-state index in [1.807, 2.05) is 61.5 Å². The molecular formula is C29H25NO4S. The molecule has 1 atom stereocenters. The fraction of sp³-hybridized carbons (Fsp3) is 0.207. The molecule has 3 aromatic carbocycles. The second-order valence-corrected chi connectivity index (χ2v) is 9.83. The third-order valence-electron chi connectivity index (χ3n) is 6.43. The molecule has 5 nitrogen and oxygen atoms in total. The summed E-state index contributed by atoms with van der Waals surface area (Å²) in [5.74, 6) is -2.46. The van der Waals surface area contributed by atoms with Crippen LogP contribution >= 0.6 is 11.3 Å². The predicted molar refractivity (Wildman–Crippen MR) is 136 cm³/mol. The lowest BCUT2D eigenvalue weighted by molar-refractivity contribution is -0.151. The van der Waals surface area contributed by atoms with E-state index in [2.05, 4.69) is 29.2 Å². The summed E-state index contributed by atoms with van der Waals surface area (Å²) in [6.07, 6.45) is 0.00249. The number of thiazole rings is 1. The van der Waals surface area contributed by atoms with Crippen molar-refractivity contribution in [3.63, 3.8) is 0 Å². The van der Waals surface area contributed by atoms with Gasteiger partial charge >= 0.3 is 11.9 Å². The number of carbonyl (C=O) groups is 2. The van der Waals surface area contributed by atoms with Gasteiger partial charge in [-0.1, -0.05) is 78.9 Å². The van der Waals surface area contributed by atoms with Crippen molar-refractivity contribution < 1.29 is 19.4 Å². The first-order chi connectivity index (χ1) is 17.0. The number of aromatic nitrogens is 1. The Morgan fingerprint density at radius 2 is 1.54 bits per heavy atom. The summed E-state index contributed by atoms with van der Waals surface area (Å²) in [6.45, 7) is 2.11. The summed E-state index contributed by atoms with van der Waals surface area (Å²) in [4.78, 5) is 30.3. The van der Waals surface area contributed by atoms with Crippen LogP contribution in [0, 0.1) is 12.8 Å². The highest BCUT2D eigenvalue weighted by atomic mass is 32.1. The molecule has 176 valence electrons. The Balaban J connectivity index is 1.26. The molecule has 5 rings (SSSR count). The molecule has 35 heavy (non-hydrogen) atoms. The van der Waals surface area contributed by atoms with Crippen LogP contribution in [0.3, 0.4) is 0 Å². The van der Waals surface area contributed by atoms with Crippen LogP contribution in [0.4, 0.5) is 0 Å². The van der Waals surface area contributed by atoms with Crippen LogP contribution in [0.1, 0.15) is 34.2 Å². The van der Waals surface area contributed by atoms with E-state index in [9.17, 15) is 14.7 Å². The van der Waals surface area contributed by atoms with Crippen LogP contribution in [-0.2, 0) is 20.7 Å². The monoisotopic (exact) mass is 483 g/mol. The van der Waals surface area contributed by atoms with Crippen molar-refractivity contribution in [2.45, 2.75) is 25.7 Å². The van der Waals surface area contributed by atoms with Gasteiger partial charge in [0.05, 0.1) is 27.9 Å². The van der Waals surface area contributed by atoms with Gasteiger partial charge in [0.15, 0.2) is 0 Å². The Bertz CT molecular complexity index is 1330. The minimum atomic E-state index is -1.02. The molecule has 0 amide bonds. The molecule has 0 fully saturated rings. The SMILES string of the molecule is Cc1nc(C[C@H](CC(=O)OCC2c3ccccc3-c3ccccc32)C(=O)O)sc1-c1ccccc1. The van der Waals surface area contributed by atoms with E-state index in [0.29, 0.717) is 5.01 Å². The number of aryl methyl sites for hydroxylation is 1. The smallest absolute Gasteiger partial charge is 0.307 e. The van der Waals surface area contributed by atoms with Crippen molar-refractivity contribution in [2.24, 2.45) is 5.92 Å². The zero-order chi connectivity index (χ0) is 24.4. The van der Waals surface area contributed by atoms with Crippen LogP contribution < -0.4 is 0 Å². The maximum absolute atomic E-state index is 12.7. The second kappa shape index (κ2) is 9.84. The molecule has 1 aromatic heterocycles. The standard InChI is InChI=1S/C29H25NO4S/c1-18-28(19-9-3-2-4-10-19)35-26(30-18)15-20(29(32)33)16-27(31)34-17-25-23-13-7-5-11-21(23)22-12-6-8-14-24(22)25/h2-14,20,25H,15-17H2,1H3,(H,32,33)/t20-/m1/s1.